The van der Waals surface area contributed by atoms with Crippen LogP contribution in [0, 0.1) is 0 Å². The van der Waals surface area contributed by atoms with Gasteiger partial charge in [-0.2, -0.15) is 0 Å². The highest BCUT2D eigenvalue weighted by Crippen LogP contribution is 2.42. The lowest BCUT2D eigenvalue weighted by atomic mass is 9.97. The molecule has 0 atom stereocenters. The Balaban J connectivity index is 2.02. The van der Waals surface area contributed by atoms with Crippen molar-refractivity contribution in [3.05, 3.63) is 24.8 Å². The first-order chi connectivity index (χ1) is 9.42. The molecule has 1 aromatic rings. The molecule has 1 aliphatic carbocycles. The number of rotatable bonds is 5. The Morgan fingerprint density at radius 3 is 2.60 bits per heavy atom. The molecule has 0 saturated carbocycles. The second kappa shape index (κ2) is 7.11. The summed E-state index contributed by atoms with van der Waals surface area (Å²) in [6, 6.07) is 0. The molecule has 0 radical (unpaired) electrons. The van der Waals surface area contributed by atoms with Gasteiger partial charge in [0, 0.05) is 6.54 Å². The minimum Gasteiger partial charge on any atom is -0.211 e. The van der Waals surface area contributed by atoms with Gasteiger partial charge in [-0.3, -0.25) is 0 Å². The highest BCUT2D eigenvalue weighted by Gasteiger charge is 2.25. The van der Waals surface area contributed by atoms with Gasteiger partial charge in [0.2, 0.25) is 10.0 Å². The van der Waals surface area contributed by atoms with Crippen LogP contribution in [0.2, 0.25) is 8.67 Å². The monoisotopic (exact) mass is 417 g/mol. The van der Waals surface area contributed by atoms with Crippen molar-refractivity contribution in [1.82, 2.24) is 4.72 Å². The van der Waals surface area contributed by atoms with Crippen LogP contribution in [0.1, 0.15) is 32.1 Å². The second-order valence-electron chi connectivity index (χ2n) is 4.55. The van der Waals surface area contributed by atoms with E-state index in [0.717, 1.165) is 30.6 Å². The van der Waals surface area contributed by atoms with Gasteiger partial charge in [-0.25, -0.2) is 13.1 Å². The first-order valence-electron chi connectivity index (χ1n) is 6.22. The van der Waals surface area contributed by atoms with Crippen LogP contribution in [0.25, 0.3) is 0 Å². The van der Waals surface area contributed by atoms with E-state index in [1.165, 1.54) is 18.4 Å². The Morgan fingerprint density at radius 1 is 1.30 bits per heavy atom. The SMILES string of the molecule is O=S(=O)(NCCC1=CCCCC1)c1c(Cl)sc(Cl)c1Br. The molecule has 0 aliphatic heterocycles. The number of hydrogen-bond acceptors (Lipinski definition) is 3. The molecule has 0 aromatic carbocycles. The van der Waals surface area contributed by atoms with E-state index in [1.54, 1.807) is 0 Å². The van der Waals surface area contributed by atoms with Crippen molar-refractivity contribution in [1.29, 1.82) is 0 Å². The average Bonchev–Trinajstić information content (AvgIpc) is 2.64. The van der Waals surface area contributed by atoms with Crippen LogP contribution >= 0.6 is 50.5 Å². The van der Waals surface area contributed by atoms with E-state index >= 15 is 0 Å². The average molecular weight is 419 g/mol. The quantitative estimate of drug-likeness (QED) is 0.684. The van der Waals surface area contributed by atoms with Gasteiger partial charge in [0.15, 0.2) is 0 Å². The van der Waals surface area contributed by atoms with Crippen LogP contribution < -0.4 is 4.72 Å². The maximum absolute atomic E-state index is 12.2. The molecule has 0 bridgehead atoms. The molecular formula is C12H14BrCl2NO2S2. The third-order valence-electron chi connectivity index (χ3n) is 3.12. The third kappa shape index (κ3) is 3.99. The van der Waals surface area contributed by atoms with E-state index in [0.29, 0.717) is 15.4 Å². The van der Waals surface area contributed by atoms with E-state index in [1.807, 2.05) is 0 Å². The standard InChI is InChI=1S/C12H14BrCl2NO2S2/c13-9-10(12(15)19-11(9)14)20(17,18)16-7-6-8-4-2-1-3-5-8/h4,16H,1-3,5-7H2. The molecule has 0 unspecified atom stereocenters. The Hall–Kier alpha value is 0.410. The van der Waals surface area contributed by atoms with Gasteiger partial charge in [0.1, 0.15) is 13.6 Å². The zero-order valence-corrected chi connectivity index (χ0v) is 15.3. The lowest BCUT2D eigenvalue weighted by molar-refractivity contribution is 0.579. The summed E-state index contributed by atoms with van der Waals surface area (Å²) in [7, 11) is -3.63. The summed E-state index contributed by atoms with van der Waals surface area (Å²) in [5.41, 5.74) is 1.33. The van der Waals surface area contributed by atoms with Crippen molar-refractivity contribution in [3.63, 3.8) is 0 Å². The van der Waals surface area contributed by atoms with Crippen molar-refractivity contribution >= 4 is 60.5 Å². The smallest absolute Gasteiger partial charge is 0.211 e. The van der Waals surface area contributed by atoms with Gasteiger partial charge in [-0.05, 0) is 48.0 Å². The Bertz CT molecular complexity index is 626. The first-order valence-corrected chi connectivity index (χ1v) is 10.1. The molecule has 0 fully saturated rings. The molecule has 2 rings (SSSR count). The van der Waals surface area contributed by atoms with E-state index in [9.17, 15) is 8.42 Å². The summed E-state index contributed by atoms with van der Waals surface area (Å²) in [6.45, 7) is 0.379. The summed E-state index contributed by atoms with van der Waals surface area (Å²) in [6.07, 6.45) is 7.53. The predicted octanol–water partition coefficient (Wildman–Crippen LogP) is 4.99. The van der Waals surface area contributed by atoms with Gasteiger partial charge < -0.3 is 0 Å². The summed E-state index contributed by atoms with van der Waals surface area (Å²) in [4.78, 5) is 0.0341. The zero-order valence-electron chi connectivity index (χ0n) is 10.6. The number of nitrogens with one attached hydrogen (secondary N) is 1. The summed E-state index contributed by atoms with van der Waals surface area (Å²) in [5.74, 6) is 0. The molecule has 1 heterocycles. The van der Waals surface area contributed by atoms with Gasteiger partial charge in [-0.1, -0.05) is 34.9 Å². The van der Waals surface area contributed by atoms with Crippen LogP contribution in [0.3, 0.4) is 0 Å². The number of thiophene rings is 1. The molecule has 0 spiro atoms. The maximum atomic E-state index is 12.2. The number of hydrogen-bond donors (Lipinski definition) is 1. The largest absolute Gasteiger partial charge is 0.244 e. The van der Waals surface area contributed by atoms with Gasteiger partial charge in [-0.15, -0.1) is 11.3 Å². The number of allylic oxidation sites excluding steroid dienone is 1. The lowest BCUT2D eigenvalue weighted by Crippen LogP contribution is -2.25. The molecule has 1 aromatic heterocycles. The van der Waals surface area contributed by atoms with Gasteiger partial charge in [0.05, 0.1) is 4.47 Å². The van der Waals surface area contributed by atoms with Crippen molar-refractivity contribution in [2.75, 3.05) is 6.54 Å². The fraction of sp³-hybridized carbons (Fsp3) is 0.500. The minimum atomic E-state index is -3.63. The van der Waals surface area contributed by atoms with Gasteiger partial charge >= 0.3 is 0 Å². The molecule has 1 N–H and O–H groups in total. The summed E-state index contributed by atoms with van der Waals surface area (Å²) < 4.78 is 27.9. The predicted molar refractivity (Wildman–Crippen MR) is 88.4 cm³/mol. The molecule has 112 valence electrons. The highest BCUT2D eigenvalue weighted by molar-refractivity contribution is 9.10. The second-order valence-corrected chi connectivity index (χ2v) is 9.27. The van der Waals surface area contributed by atoms with Crippen LogP contribution in [0.5, 0.6) is 0 Å². The van der Waals surface area contributed by atoms with E-state index < -0.39 is 10.0 Å². The van der Waals surface area contributed by atoms with Crippen LogP contribution in [0.4, 0.5) is 0 Å². The first kappa shape index (κ1) is 16.8. The zero-order chi connectivity index (χ0) is 14.8. The summed E-state index contributed by atoms with van der Waals surface area (Å²) >= 11 is 16.0. The molecule has 3 nitrogen and oxygen atoms in total. The number of sulfonamides is 1. The Morgan fingerprint density at radius 2 is 2.05 bits per heavy atom. The minimum absolute atomic E-state index is 0.0341. The maximum Gasteiger partial charge on any atom is 0.244 e. The molecule has 0 saturated heterocycles. The fourth-order valence-corrected chi connectivity index (χ4v) is 6.70. The topological polar surface area (TPSA) is 46.2 Å². The molecule has 1 aliphatic rings. The van der Waals surface area contributed by atoms with Crippen LogP contribution in [0.15, 0.2) is 21.0 Å². The molecule has 8 heteroatoms. The van der Waals surface area contributed by atoms with Gasteiger partial charge in [0.25, 0.3) is 0 Å². The van der Waals surface area contributed by atoms with Crippen LogP contribution in [-0.2, 0) is 10.0 Å². The number of halogens is 3. The molecular weight excluding hydrogens is 405 g/mol. The molecule has 0 amide bonds. The van der Waals surface area contributed by atoms with Crippen LogP contribution in [-0.4, -0.2) is 15.0 Å². The van der Waals surface area contributed by atoms with Crippen molar-refractivity contribution in [2.24, 2.45) is 0 Å². The third-order valence-corrected chi connectivity index (χ3v) is 8.05. The normalized spacial score (nSPS) is 16.2. The summed E-state index contributed by atoms with van der Waals surface area (Å²) in [5, 5.41) is 0. The Labute approximate surface area is 141 Å². The fourth-order valence-electron chi connectivity index (χ4n) is 2.12. The van der Waals surface area contributed by atoms with Crippen molar-refractivity contribution in [3.8, 4) is 0 Å². The van der Waals surface area contributed by atoms with E-state index in [2.05, 4.69) is 26.7 Å². The Kier molecular flexibility index (Phi) is 5.97. The van der Waals surface area contributed by atoms with Crippen molar-refractivity contribution in [2.45, 2.75) is 37.0 Å². The molecule has 20 heavy (non-hydrogen) atoms. The van der Waals surface area contributed by atoms with Crippen molar-refractivity contribution < 1.29 is 8.42 Å². The highest BCUT2D eigenvalue weighted by atomic mass is 79.9. The lowest BCUT2D eigenvalue weighted by Gasteiger charge is -2.13. The van der Waals surface area contributed by atoms with E-state index in [-0.39, 0.29) is 9.23 Å². The van der Waals surface area contributed by atoms with E-state index in [4.69, 9.17) is 23.2 Å².